The Balaban J connectivity index is 0.00000161. The molecular weight excluding hydrogens is 286 g/mol. The van der Waals surface area contributed by atoms with Crippen molar-refractivity contribution in [3.8, 4) is 5.75 Å². The zero-order valence-corrected chi connectivity index (χ0v) is 12.4. The van der Waals surface area contributed by atoms with Crippen LogP contribution in [0.3, 0.4) is 0 Å². The van der Waals surface area contributed by atoms with Crippen molar-refractivity contribution >= 4 is 24.6 Å². The average molecular weight is 304 g/mol. The number of hydrogen-bond acceptors (Lipinski definition) is 4. The first-order valence-electron chi connectivity index (χ1n) is 6.81. The van der Waals surface area contributed by atoms with Crippen LogP contribution in [-0.2, 0) is 0 Å². The number of rotatable bonds is 4. The molecule has 0 aromatic carbocycles. The van der Waals surface area contributed by atoms with Gasteiger partial charge in [-0.3, -0.25) is 9.97 Å². The molecule has 110 valence electrons. The number of aromatic nitrogens is 2. The first-order valence-corrected chi connectivity index (χ1v) is 6.81. The van der Waals surface area contributed by atoms with Gasteiger partial charge in [-0.2, -0.15) is 0 Å². The summed E-state index contributed by atoms with van der Waals surface area (Å²) in [5.74, 6) is 0.829. The number of nitrogens with one attached hydrogen (secondary N) is 1. The van der Waals surface area contributed by atoms with E-state index in [1.807, 2.05) is 36.5 Å². The van der Waals surface area contributed by atoms with Crippen molar-refractivity contribution < 1.29 is 4.74 Å². The standard InChI is InChI=1S/C16H17N3O.ClH/c1(13-3-6-17-7-4-13)2-14-9-16(12-19-10-14)20-15-5-8-18-11-15;/h1-4,6-7,9-10,12,15,18H,5,8,11H2;1H/b2-1+;/t15-;/m0./s1. The molecule has 0 unspecified atom stereocenters. The van der Waals surface area contributed by atoms with Crippen LogP contribution in [0.2, 0.25) is 0 Å². The summed E-state index contributed by atoms with van der Waals surface area (Å²) in [6.45, 7) is 1.94. The van der Waals surface area contributed by atoms with Crippen LogP contribution >= 0.6 is 12.4 Å². The van der Waals surface area contributed by atoms with Gasteiger partial charge in [0.15, 0.2) is 0 Å². The van der Waals surface area contributed by atoms with E-state index in [0.717, 1.165) is 36.4 Å². The third-order valence-electron chi connectivity index (χ3n) is 3.23. The third kappa shape index (κ3) is 4.55. The second kappa shape index (κ2) is 7.76. The van der Waals surface area contributed by atoms with Gasteiger partial charge in [-0.25, -0.2) is 0 Å². The lowest BCUT2D eigenvalue weighted by Gasteiger charge is -2.12. The Kier molecular flexibility index (Phi) is 5.72. The molecule has 1 saturated heterocycles. The number of nitrogens with zero attached hydrogens (tertiary/aromatic N) is 2. The number of halogens is 1. The fourth-order valence-electron chi connectivity index (χ4n) is 2.18. The minimum Gasteiger partial charge on any atom is -0.487 e. The van der Waals surface area contributed by atoms with Crippen molar-refractivity contribution in [3.05, 3.63) is 54.1 Å². The molecule has 0 radical (unpaired) electrons. The molecule has 0 spiro atoms. The second-order valence-corrected chi connectivity index (χ2v) is 4.80. The molecular formula is C16H18ClN3O. The van der Waals surface area contributed by atoms with Gasteiger partial charge >= 0.3 is 0 Å². The Bertz CT molecular complexity index is 583. The van der Waals surface area contributed by atoms with Crippen LogP contribution in [0.4, 0.5) is 0 Å². The predicted octanol–water partition coefficient (Wildman–Crippen LogP) is 2.81. The number of hydrogen-bond donors (Lipinski definition) is 1. The molecule has 1 N–H and O–H groups in total. The molecule has 3 heterocycles. The van der Waals surface area contributed by atoms with Crippen LogP contribution in [0.25, 0.3) is 12.2 Å². The van der Waals surface area contributed by atoms with E-state index in [1.54, 1.807) is 18.6 Å². The Labute approximate surface area is 130 Å². The van der Waals surface area contributed by atoms with Crippen molar-refractivity contribution in [2.75, 3.05) is 13.1 Å². The molecule has 0 bridgehead atoms. The fourth-order valence-corrected chi connectivity index (χ4v) is 2.18. The first kappa shape index (κ1) is 15.5. The van der Waals surface area contributed by atoms with Gasteiger partial charge in [-0.05, 0) is 42.3 Å². The molecule has 5 heteroatoms. The fraction of sp³-hybridized carbons (Fsp3) is 0.250. The summed E-state index contributed by atoms with van der Waals surface area (Å²) < 4.78 is 5.90. The molecule has 3 rings (SSSR count). The van der Waals surface area contributed by atoms with Crippen molar-refractivity contribution in [1.29, 1.82) is 0 Å². The first-order chi connectivity index (χ1) is 9.90. The lowest BCUT2D eigenvalue weighted by atomic mass is 10.2. The zero-order chi connectivity index (χ0) is 13.6. The molecule has 2 aromatic rings. The van der Waals surface area contributed by atoms with Gasteiger partial charge in [0, 0.05) is 25.1 Å². The van der Waals surface area contributed by atoms with E-state index < -0.39 is 0 Å². The van der Waals surface area contributed by atoms with E-state index in [-0.39, 0.29) is 18.5 Å². The van der Waals surface area contributed by atoms with Crippen LogP contribution < -0.4 is 10.1 Å². The molecule has 0 amide bonds. The quantitative estimate of drug-likeness (QED) is 0.943. The summed E-state index contributed by atoms with van der Waals surface area (Å²) >= 11 is 0. The molecule has 4 nitrogen and oxygen atoms in total. The van der Waals surface area contributed by atoms with Crippen LogP contribution in [-0.4, -0.2) is 29.2 Å². The summed E-state index contributed by atoms with van der Waals surface area (Å²) in [7, 11) is 0. The molecule has 2 aromatic heterocycles. The minimum absolute atomic E-state index is 0. The predicted molar refractivity (Wildman–Crippen MR) is 86.6 cm³/mol. The molecule has 21 heavy (non-hydrogen) atoms. The van der Waals surface area contributed by atoms with E-state index in [4.69, 9.17) is 4.74 Å². The number of ether oxygens (including phenoxy) is 1. The lowest BCUT2D eigenvalue weighted by molar-refractivity contribution is 0.222. The lowest BCUT2D eigenvalue weighted by Crippen LogP contribution is -2.19. The highest BCUT2D eigenvalue weighted by Gasteiger charge is 2.15. The van der Waals surface area contributed by atoms with Crippen molar-refractivity contribution in [1.82, 2.24) is 15.3 Å². The maximum atomic E-state index is 5.90. The van der Waals surface area contributed by atoms with E-state index in [9.17, 15) is 0 Å². The maximum Gasteiger partial charge on any atom is 0.138 e. The van der Waals surface area contributed by atoms with Crippen LogP contribution in [0.15, 0.2) is 43.0 Å². The van der Waals surface area contributed by atoms with Crippen LogP contribution in [0, 0.1) is 0 Å². The second-order valence-electron chi connectivity index (χ2n) is 4.80. The zero-order valence-electron chi connectivity index (χ0n) is 11.6. The SMILES string of the molecule is C(=C\c1cncc(O[C@H]2CCNC2)c1)/c1ccncc1.Cl. The van der Waals surface area contributed by atoms with Gasteiger partial charge in [0.05, 0.1) is 6.20 Å². The largest absolute Gasteiger partial charge is 0.487 e. The highest BCUT2D eigenvalue weighted by atomic mass is 35.5. The van der Waals surface area contributed by atoms with Gasteiger partial charge in [-0.1, -0.05) is 12.2 Å². The molecule has 0 aliphatic carbocycles. The van der Waals surface area contributed by atoms with Gasteiger partial charge in [0.2, 0.25) is 0 Å². The van der Waals surface area contributed by atoms with Crippen molar-refractivity contribution in [3.63, 3.8) is 0 Å². The van der Waals surface area contributed by atoms with Gasteiger partial charge in [0.1, 0.15) is 11.9 Å². The van der Waals surface area contributed by atoms with Crippen molar-refractivity contribution in [2.45, 2.75) is 12.5 Å². The summed E-state index contributed by atoms with van der Waals surface area (Å²) in [6.07, 6.45) is 12.5. The molecule has 1 aliphatic rings. The number of pyridine rings is 2. The smallest absolute Gasteiger partial charge is 0.138 e. The van der Waals surface area contributed by atoms with Gasteiger partial charge in [-0.15, -0.1) is 12.4 Å². The monoisotopic (exact) mass is 303 g/mol. The minimum atomic E-state index is 0. The summed E-state index contributed by atoms with van der Waals surface area (Å²) in [5, 5.41) is 3.29. The molecule has 1 fully saturated rings. The topological polar surface area (TPSA) is 47.0 Å². The Hall–Kier alpha value is -1.91. The Morgan fingerprint density at radius 2 is 1.90 bits per heavy atom. The van der Waals surface area contributed by atoms with Crippen molar-refractivity contribution in [2.24, 2.45) is 0 Å². The summed E-state index contributed by atoms with van der Waals surface area (Å²) in [4.78, 5) is 8.23. The van der Waals surface area contributed by atoms with Gasteiger partial charge in [0.25, 0.3) is 0 Å². The van der Waals surface area contributed by atoms with E-state index in [1.165, 1.54) is 0 Å². The van der Waals surface area contributed by atoms with E-state index >= 15 is 0 Å². The Morgan fingerprint density at radius 1 is 1.10 bits per heavy atom. The van der Waals surface area contributed by atoms with Crippen LogP contribution in [0.5, 0.6) is 5.75 Å². The highest BCUT2D eigenvalue weighted by molar-refractivity contribution is 5.85. The maximum absolute atomic E-state index is 5.90. The van der Waals surface area contributed by atoms with Crippen LogP contribution in [0.1, 0.15) is 17.5 Å². The molecule has 0 saturated carbocycles. The average Bonchev–Trinajstić information content (AvgIpc) is 3.00. The van der Waals surface area contributed by atoms with Gasteiger partial charge < -0.3 is 10.1 Å². The third-order valence-corrected chi connectivity index (χ3v) is 3.23. The summed E-state index contributed by atoms with van der Waals surface area (Å²) in [5.41, 5.74) is 2.15. The molecule has 1 atom stereocenters. The molecule has 1 aliphatic heterocycles. The van der Waals surface area contributed by atoms with E-state index in [0.29, 0.717) is 0 Å². The highest BCUT2D eigenvalue weighted by Crippen LogP contribution is 2.17. The summed E-state index contributed by atoms with van der Waals surface area (Å²) in [6, 6.07) is 5.95. The Morgan fingerprint density at radius 3 is 2.67 bits per heavy atom. The van der Waals surface area contributed by atoms with E-state index in [2.05, 4.69) is 15.3 Å². The normalized spacial score (nSPS) is 17.6.